The van der Waals surface area contributed by atoms with Gasteiger partial charge in [0.05, 0.1) is 0 Å². The molecule has 1 heteroatoms. The summed E-state index contributed by atoms with van der Waals surface area (Å²) in [5, 5.41) is 0. The van der Waals surface area contributed by atoms with Crippen molar-refractivity contribution in [3.63, 3.8) is 0 Å². The van der Waals surface area contributed by atoms with Gasteiger partial charge in [-0.25, -0.2) is 0 Å². The molecular formula is C18H34O. The summed E-state index contributed by atoms with van der Waals surface area (Å²) in [6, 6.07) is 0. The highest BCUT2D eigenvalue weighted by Crippen LogP contribution is 2.08. The number of hydrogen-bond donors (Lipinski definition) is 0. The molecule has 0 aromatic carbocycles. The van der Waals surface area contributed by atoms with Gasteiger partial charge in [-0.2, -0.15) is 0 Å². The summed E-state index contributed by atoms with van der Waals surface area (Å²) in [7, 11) is 0. The maximum absolute atomic E-state index is 5.33. The lowest BCUT2D eigenvalue weighted by molar-refractivity contribution is 0.143. The second-order valence-electron chi connectivity index (χ2n) is 5.07. The Labute approximate surface area is 121 Å². The average Bonchev–Trinajstić information content (AvgIpc) is 2.43. The number of unbranched alkanes of at least 4 members (excludes halogenated alkanes) is 7. The zero-order valence-corrected chi connectivity index (χ0v) is 13.2. The standard InChI is InChI=1S/C18H34O/c1-3-5-6-7-8-9-10-11-12-13-14-15-16-17-18-19-4-2/h6-7,9-10H,3-5,8,11-18H2,1-2H3/b7-6-,10-9-. The molecule has 0 aromatic rings. The molecule has 0 bridgehead atoms. The second-order valence-corrected chi connectivity index (χ2v) is 5.07. The molecule has 0 atom stereocenters. The van der Waals surface area contributed by atoms with E-state index in [9.17, 15) is 0 Å². The van der Waals surface area contributed by atoms with Crippen molar-refractivity contribution >= 4 is 0 Å². The van der Waals surface area contributed by atoms with E-state index in [2.05, 4.69) is 38.2 Å². The van der Waals surface area contributed by atoms with Crippen LogP contribution in [0.25, 0.3) is 0 Å². The maximum Gasteiger partial charge on any atom is 0.0465 e. The lowest BCUT2D eigenvalue weighted by Gasteiger charge is -2.01. The summed E-state index contributed by atoms with van der Waals surface area (Å²) in [5.41, 5.74) is 0. The molecule has 0 rings (SSSR count). The third-order valence-electron chi connectivity index (χ3n) is 3.17. The van der Waals surface area contributed by atoms with Gasteiger partial charge in [-0.3, -0.25) is 0 Å². The first-order chi connectivity index (χ1) is 9.41. The second kappa shape index (κ2) is 17.4. The zero-order chi connectivity index (χ0) is 14.0. The van der Waals surface area contributed by atoms with E-state index in [-0.39, 0.29) is 0 Å². The average molecular weight is 266 g/mol. The molecule has 0 saturated carbocycles. The van der Waals surface area contributed by atoms with E-state index >= 15 is 0 Å². The fourth-order valence-corrected chi connectivity index (χ4v) is 1.99. The summed E-state index contributed by atoms with van der Waals surface area (Å²) < 4.78 is 5.33. The van der Waals surface area contributed by atoms with Crippen LogP contribution in [-0.2, 0) is 4.74 Å². The Kier molecular flexibility index (Phi) is 16.9. The van der Waals surface area contributed by atoms with Crippen molar-refractivity contribution in [2.45, 2.75) is 78.1 Å². The van der Waals surface area contributed by atoms with Crippen molar-refractivity contribution in [1.82, 2.24) is 0 Å². The van der Waals surface area contributed by atoms with Gasteiger partial charge in [0.2, 0.25) is 0 Å². The lowest BCUT2D eigenvalue weighted by Crippen LogP contribution is -1.92. The van der Waals surface area contributed by atoms with Crippen LogP contribution >= 0.6 is 0 Å². The van der Waals surface area contributed by atoms with Gasteiger partial charge in [-0.15, -0.1) is 0 Å². The molecule has 0 aliphatic heterocycles. The van der Waals surface area contributed by atoms with Crippen LogP contribution in [0.5, 0.6) is 0 Å². The number of allylic oxidation sites excluding steroid dienone is 4. The van der Waals surface area contributed by atoms with Gasteiger partial charge in [0.15, 0.2) is 0 Å². The van der Waals surface area contributed by atoms with Crippen molar-refractivity contribution in [3.8, 4) is 0 Å². The van der Waals surface area contributed by atoms with Crippen LogP contribution in [0.15, 0.2) is 24.3 Å². The fraction of sp³-hybridized carbons (Fsp3) is 0.778. The Hall–Kier alpha value is -0.560. The predicted octanol–water partition coefficient (Wildman–Crippen LogP) is 6.06. The number of hydrogen-bond acceptors (Lipinski definition) is 1. The Morgan fingerprint density at radius 2 is 1.32 bits per heavy atom. The Bertz CT molecular complexity index is 206. The molecule has 0 spiro atoms. The van der Waals surface area contributed by atoms with Crippen LogP contribution < -0.4 is 0 Å². The van der Waals surface area contributed by atoms with E-state index in [4.69, 9.17) is 4.74 Å². The molecule has 0 radical (unpaired) electrons. The maximum atomic E-state index is 5.33. The van der Waals surface area contributed by atoms with E-state index in [1.54, 1.807) is 0 Å². The predicted molar refractivity (Wildman–Crippen MR) is 86.6 cm³/mol. The Morgan fingerprint density at radius 1 is 0.684 bits per heavy atom. The van der Waals surface area contributed by atoms with Crippen LogP contribution in [0.3, 0.4) is 0 Å². The van der Waals surface area contributed by atoms with Crippen molar-refractivity contribution in [2.75, 3.05) is 13.2 Å². The SMILES string of the molecule is CCC/C=C\C/C=C\CCCCCCCCOCC. The molecule has 0 unspecified atom stereocenters. The van der Waals surface area contributed by atoms with Gasteiger partial charge in [0.25, 0.3) is 0 Å². The summed E-state index contributed by atoms with van der Waals surface area (Å²) in [6.07, 6.45) is 22.1. The van der Waals surface area contributed by atoms with E-state index in [1.807, 2.05) is 0 Å². The monoisotopic (exact) mass is 266 g/mol. The first-order valence-electron chi connectivity index (χ1n) is 8.29. The summed E-state index contributed by atoms with van der Waals surface area (Å²) in [6.45, 7) is 6.09. The third kappa shape index (κ3) is 17.4. The van der Waals surface area contributed by atoms with Gasteiger partial charge in [-0.05, 0) is 39.0 Å². The molecule has 0 amide bonds. The molecule has 0 aromatic heterocycles. The summed E-state index contributed by atoms with van der Waals surface area (Å²) in [4.78, 5) is 0. The van der Waals surface area contributed by atoms with Crippen molar-refractivity contribution in [1.29, 1.82) is 0 Å². The van der Waals surface area contributed by atoms with Gasteiger partial charge in [0, 0.05) is 13.2 Å². The fourth-order valence-electron chi connectivity index (χ4n) is 1.99. The molecule has 0 N–H and O–H groups in total. The van der Waals surface area contributed by atoms with Gasteiger partial charge < -0.3 is 4.74 Å². The van der Waals surface area contributed by atoms with Crippen molar-refractivity contribution < 1.29 is 4.74 Å². The normalized spacial score (nSPS) is 11.9. The van der Waals surface area contributed by atoms with E-state index in [0.29, 0.717) is 0 Å². The highest BCUT2D eigenvalue weighted by atomic mass is 16.5. The number of rotatable bonds is 14. The molecule has 0 aliphatic rings. The molecule has 112 valence electrons. The smallest absolute Gasteiger partial charge is 0.0465 e. The number of ether oxygens (including phenoxy) is 1. The molecular weight excluding hydrogens is 232 g/mol. The molecule has 0 saturated heterocycles. The van der Waals surface area contributed by atoms with E-state index < -0.39 is 0 Å². The molecule has 0 fully saturated rings. The molecule has 19 heavy (non-hydrogen) atoms. The quantitative estimate of drug-likeness (QED) is 0.274. The van der Waals surface area contributed by atoms with Gasteiger partial charge >= 0.3 is 0 Å². The van der Waals surface area contributed by atoms with Crippen molar-refractivity contribution in [2.24, 2.45) is 0 Å². The Balaban J connectivity index is 3.07. The highest BCUT2D eigenvalue weighted by Gasteiger charge is 1.90. The topological polar surface area (TPSA) is 9.23 Å². The van der Waals surface area contributed by atoms with Crippen LogP contribution in [0.1, 0.15) is 78.1 Å². The summed E-state index contributed by atoms with van der Waals surface area (Å²) in [5.74, 6) is 0. The van der Waals surface area contributed by atoms with Crippen molar-refractivity contribution in [3.05, 3.63) is 24.3 Å². The minimum absolute atomic E-state index is 0.861. The Morgan fingerprint density at radius 3 is 2.00 bits per heavy atom. The first kappa shape index (κ1) is 18.4. The molecule has 1 nitrogen and oxygen atoms in total. The van der Waals surface area contributed by atoms with E-state index in [1.165, 1.54) is 57.8 Å². The van der Waals surface area contributed by atoms with Crippen LogP contribution in [0, 0.1) is 0 Å². The molecule has 0 heterocycles. The van der Waals surface area contributed by atoms with Gasteiger partial charge in [0.1, 0.15) is 0 Å². The first-order valence-corrected chi connectivity index (χ1v) is 8.29. The summed E-state index contributed by atoms with van der Waals surface area (Å²) >= 11 is 0. The molecule has 0 aliphatic carbocycles. The van der Waals surface area contributed by atoms with Crippen LogP contribution in [0.2, 0.25) is 0 Å². The van der Waals surface area contributed by atoms with Crippen LogP contribution in [-0.4, -0.2) is 13.2 Å². The largest absolute Gasteiger partial charge is 0.382 e. The van der Waals surface area contributed by atoms with Crippen LogP contribution in [0.4, 0.5) is 0 Å². The highest BCUT2D eigenvalue weighted by molar-refractivity contribution is 4.92. The third-order valence-corrected chi connectivity index (χ3v) is 3.17. The van der Waals surface area contributed by atoms with Gasteiger partial charge in [-0.1, -0.05) is 63.3 Å². The lowest BCUT2D eigenvalue weighted by atomic mass is 10.1. The zero-order valence-electron chi connectivity index (χ0n) is 13.2. The minimum atomic E-state index is 0.861. The van der Waals surface area contributed by atoms with E-state index in [0.717, 1.165) is 19.6 Å². The minimum Gasteiger partial charge on any atom is -0.382 e.